The maximum absolute atomic E-state index is 12.7. The molecule has 0 bridgehead atoms. The standard InChI is InChI=1S/C16H30N2O2/c1-15(6-4-3-5-7-15)12-18-14(19)16(13-20-2)8-10-17-11-9-16/h17H,3-13H2,1-2H3,(H,18,19). The fraction of sp³-hybridized carbons (Fsp3) is 0.938. The van der Waals surface area contributed by atoms with Gasteiger partial charge in [0.05, 0.1) is 12.0 Å². The minimum Gasteiger partial charge on any atom is -0.384 e. The predicted octanol–water partition coefficient (Wildman–Crippen LogP) is 2.09. The third kappa shape index (κ3) is 3.73. The highest BCUT2D eigenvalue weighted by atomic mass is 16.5. The van der Waals surface area contributed by atoms with Gasteiger partial charge in [-0.3, -0.25) is 4.79 Å². The van der Waals surface area contributed by atoms with Crippen LogP contribution in [0.3, 0.4) is 0 Å². The second-order valence-electron chi connectivity index (χ2n) is 7.02. The van der Waals surface area contributed by atoms with E-state index in [0.717, 1.165) is 32.5 Å². The summed E-state index contributed by atoms with van der Waals surface area (Å²) in [7, 11) is 1.69. The fourth-order valence-electron chi connectivity index (χ4n) is 3.68. The average molecular weight is 282 g/mol. The number of nitrogens with one attached hydrogen (secondary N) is 2. The Kier molecular flexibility index (Phi) is 5.44. The summed E-state index contributed by atoms with van der Waals surface area (Å²) in [6, 6.07) is 0. The number of amides is 1. The first-order valence-electron chi connectivity index (χ1n) is 8.08. The number of ether oxygens (including phenoxy) is 1. The molecule has 4 nitrogen and oxygen atoms in total. The van der Waals surface area contributed by atoms with Crippen LogP contribution in [-0.4, -0.2) is 39.3 Å². The van der Waals surface area contributed by atoms with Gasteiger partial charge in [0.25, 0.3) is 0 Å². The highest BCUT2D eigenvalue weighted by molar-refractivity contribution is 5.83. The summed E-state index contributed by atoms with van der Waals surface area (Å²) >= 11 is 0. The Morgan fingerprint density at radius 1 is 1.15 bits per heavy atom. The van der Waals surface area contributed by atoms with Gasteiger partial charge in [0.15, 0.2) is 0 Å². The highest BCUT2D eigenvalue weighted by Gasteiger charge is 2.40. The highest BCUT2D eigenvalue weighted by Crippen LogP contribution is 2.36. The second-order valence-corrected chi connectivity index (χ2v) is 7.02. The molecule has 116 valence electrons. The average Bonchev–Trinajstić information content (AvgIpc) is 2.47. The number of methoxy groups -OCH3 is 1. The third-order valence-electron chi connectivity index (χ3n) is 5.20. The third-order valence-corrected chi connectivity index (χ3v) is 5.20. The van der Waals surface area contributed by atoms with E-state index in [-0.39, 0.29) is 11.3 Å². The van der Waals surface area contributed by atoms with Crippen molar-refractivity contribution in [1.29, 1.82) is 0 Å². The molecule has 2 aliphatic rings. The number of hydrogen-bond donors (Lipinski definition) is 2. The zero-order chi connectivity index (χ0) is 14.5. The molecule has 0 atom stereocenters. The van der Waals surface area contributed by atoms with E-state index < -0.39 is 0 Å². The Labute approximate surface area is 123 Å². The van der Waals surface area contributed by atoms with Crippen LogP contribution in [0, 0.1) is 10.8 Å². The molecular weight excluding hydrogens is 252 g/mol. The molecule has 1 saturated heterocycles. The Hall–Kier alpha value is -0.610. The summed E-state index contributed by atoms with van der Waals surface area (Å²) in [6.07, 6.45) is 8.20. The van der Waals surface area contributed by atoms with E-state index >= 15 is 0 Å². The van der Waals surface area contributed by atoms with Crippen LogP contribution < -0.4 is 10.6 Å². The normalized spacial score (nSPS) is 25.1. The summed E-state index contributed by atoms with van der Waals surface area (Å²) in [5.41, 5.74) is -0.0138. The Balaban J connectivity index is 1.91. The maximum Gasteiger partial charge on any atom is 0.228 e. The number of hydrogen-bond acceptors (Lipinski definition) is 3. The lowest BCUT2D eigenvalue weighted by molar-refractivity contribution is -0.136. The van der Waals surface area contributed by atoms with Gasteiger partial charge < -0.3 is 15.4 Å². The Bertz CT molecular complexity index is 313. The molecule has 0 radical (unpaired) electrons. The molecule has 1 aliphatic carbocycles. The lowest BCUT2D eigenvalue weighted by atomic mass is 9.74. The number of rotatable bonds is 5. The van der Waals surface area contributed by atoms with Crippen molar-refractivity contribution >= 4 is 5.91 Å². The van der Waals surface area contributed by atoms with E-state index in [1.54, 1.807) is 7.11 Å². The van der Waals surface area contributed by atoms with Gasteiger partial charge in [-0.2, -0.15) is 0 Å². The molecule has 0 spiro atoms. The topological polar surface area (TPSA) is 50.4 Å². The quantitative estimate of drug-likeness (QED) is 0.812. The molecule has 1 saturated carbocycles. The molecule has 4 heteroatoms. The molecule has 0 aromatic carbocycles. The molecule has 20 heavy (non-hydrogen) atoms. The Morgan fingerprint density at radius 3 is 2.40 bits per heavy atom. The van der Waals surface area contributed by atoms with Crippen molar-refractivity contribution in [3.63, 3.8) is 0 Å². The molecule has 2 fully saturated rings. The van der Waals surface area contributed by atoms with Crippen molar-refractivity contribution in [1.82, 2.24) is 10.6 Å². The molecule has 2 N–H and O–H groups in total. The van der Waals surface area contributed by atoms with E-state index in [1.165, 1.54) is 32.1 Å². The minimum atomic E-state index is -0.314. The first-order valence-corrected chi connectivity index (χ1v) is 8.08. The van der Waals surface area contributed by atoms with Crippen LogP contribution in [0.2, 0.25) is 0 Å². The van der Waals surface area contributed by atoms with Crippen molar-refractivity contribution in [3.8, 4) is 0 Å². The number of piperidine rings is 1. The molecule has 0 aromatic rings. The van der Waals surface area contributed by atoms with Crippen molar-refractivity contribution < 1.29 is 9.53 Å². The van der Waals surface area contributed by atoms with E-state index in [2.05, 4.69) is 17.6 Å². The van der Waals surface area contributed by atoms with E-state index in [4.69, 9.17) is 4.74 Å². The van der Waals surface area contributed by atoms with Crippen molar-refractivity contribution in [2.45, 2.75) is 51.9 Å². The van der Waals surface area contributed by atoms with Crippen LogP contribution in [0.1, 0.15) is 51.9 Å². The summed E-state index contributed by atoms with van der Waals surface area (Å²) in [6.45, 7) is 5.50. The maximum atomic E-state index is 12.7. The van der Waals surface area contributed by atoms with Gasteiger partial charge >= 0.3 is 0 Å². The minimum absolute atomic E-state index is 0.202. The monoisotopic (exact) mass is 282 g/mol. The van der Waals surface area contributed by atoms with Gasteiger partial charge in [0.1, 0.15) is 0 Å². The molecule has 0 unspecified atom stereocenters. The molecule has 2 rings (SSSR count). The zero-order valence-corrected chi connectivity index (χ0v) is 13.1. The van der Waals surface area contributed by atoms with E-state index in [1.807, 2.05) is 0 Å². The van der Waals surface area contributed by atoms with E-state index in [9.17, 15) is 4.79 Å². The molecule has 1 amide bonds. The van der Waals surface area contributed by atoms with Crippen LogP contribution in [-0.2, 0) is 9.53 Å². The largest absolute Gasteiger partial charge is 0.384 e. The van der Waals surface area contributed by atoms with Gasteiger partial charge in [0, 0.05) is 13.7 Å². The van der Waals surface area contributed by atoms with Crippen molar-refractivity contribution in [3.05, 3.63) is 0 Å². The van der Waals surface area contributed by atoms with Gasteiger partial charge in [-0.15, -0.1) is 0 Å². The summed E-state index contributed by atoms with van der Waals surface area (Å²) < 4.78 is 5.33. The SMILES string of the molecule is COCC1(C(=O)NCC2(C)CCCCC2)CCNCC1. The van der Waals surface area contributed by atoms with Crippen LogP contribution in [0.5, 0.6) is 0 Å². The van der Waals surface area contributed by atoms with Crippen molar-refractivity contribution in [2.24, 2.45) is 10.8 Å². The van der Waals surface area contributed by atoms with Crippen LogP contribution in [0.25, 0.3) is 0 Å². The fourth-order valence-corrected chi connectivity index (χ4v) is 3.68. The summed E-state index contributed by atoms with van der Waals surface area (Å²) in [5, 5.41) is 6.57. The molecular formula is C16H30N2O2. The van der Waals surface area contributed by atoms with Crippen LogP contribution >= 0.6 is 0 Å². The van der Waals surface area contributed by atoms with Gasteiger partial charge in [-0.05, 0) is 44.2 Å². The number of carbonyl (C=O) groups excluding carboxylic acids is 1. The molecule has 1 aliphatic heterocycles. The summed E-state index contributed by atoms with van der Waals surface area (Å²) in [5.74, 6) is 0.202. The van der Waals surface area contributed by atoms with Crippen LogP contribution in [0.4, 0.5) is 0 Å². The number of carbonyl (C=O) groups is 1. The predicted molar refractivity (Wildman–Crippen MR) is 80.6 cm³/mol. The Morgan fingerprint density at radius 2 is 1.80 bits per heavy atom. The van der Waals surface area contributed by atoms with Gasteiger partial charge in [0.2, 0.25) is 5.91 Å². The summed E-state index contributed by atoms with van der Waals surface area (Å²) in [4.78, 5) is 12.7. The van der Waals surface area contributed by atoms with E-state index in [0.29, 0.717) is 12.0 Å². The van der Waals surface area contributed by atoms with Gasteiger partial charge in [-0.1, -0.05) is 26.2 Å². The molecule has 0 aromatic heterocycles. The van der Waals surface area contributed by atoms with Gasteiger partial charge in [-0.25, -0.2) is 0 Å². The second kappa shape index (κ2) is 6.90. The zero-order valence-electron chi connectivity index (χ0n) is 13.1. The lowest BCUT2D eigenvalue weighted by Gasteiger charge is -2.38. The van der Waals surface area contributed by atoms with Crippen LogP contribution in [0.15, 0.2) is 0 Å². The smallest absolute Gasteiger partial charge is 0.228 e. The molecule has 1 heterocycles. The van der Waals surface area contributed by atoms with Crippen molar-refractivity contribution in [2.75, 3.05) is 33.4 Å². The first kappa shape index (κ1) is 15.8. The lowest BCUT2D eigenvalue weighted by Crippen LogP contribution is -2.52. The first-order chi connectivity index (χ1) is 9.60.